The Balaban J connectivity index is 1.50. The van der Waals surface area contributed by atoms with E-state index >= 15 is 0 Å². The third kappa shape index (κ3) is 2.97. The molecular formula is C18H28N4O2. The Morgan fingerprint density at radius 2 is 2.17 bits per heavy atom. The molecule has 1 saturated heterocycles. The molecule has 0 bridgehead atoms. The van der Waals surface area contributed by atoms with Crippen LogP contribution >= 0.6 is 0 Å². The normalized spacial score (nSPS) is 26.5. The molecule has 0 radical (unpaired) electrons. The van der Waals surface area contributed by atoms with Gasteiger partial charge in [-0.1, -0.05) is 0 Å². The third-order valence-corrected chi connectivity index (χ3v) is 5.74. The largest absolute Gasteiger partial charge is 0.354 e. The Kier molecular flexibility index (Phi) is 4.12. The van der Waals surface area contributed by atoms with Crippen LogP contribution in [-0.4, -0.2) is 52.1 Å². The molecule has 1 aliphatic carbocycles. The highest BCUT2D eigenvalue weighted by Gasteiger charge is 2.47. The van der Waals surface area contributed by atoms with Crippen LogP contribution in [0.1, 0.15) is 45.4 Å². The molecule has 1 aromatic heterocycles. The van der Waals surface area contributed by atoms with Gasteiger partial charge in [0, 0.05) is 38.1 Å². The van der Waals surface area contributed by atoms with Gasteiger partial charge in [0.05, 0.1) is 6.54 Å². The van der Waals surface area contributed by atoms with Crippen molar-refractivity contribution in [3.63, 3.8) is 0 Å². The predicted molar refractivity (Wildman–Crippen MR) is 90.5 cm³/mol. The van der Waals surface area contributed by atoms with Crippen LogP contribution in [0.3, 0.4) is 0 Å². The van der Waals surface area contributed by atoms with Gasteiger partial charge in [-0.15, -0.1) is 0 Å². The number of carbonyl (C=O) groups is 1. The molecule has 0 unspecified atom stereocenters. The minimum Gasteiger partial charge on any atom is -0.354 e. The standard InChI is InChI=1S/C18H28N4O2/c1-13(2)21-8-5-18(6-9-21)17-19-7-10-22(17)12-15(24-18)16(23)20-11-14-3-4-14/h7,10,13-15H,3-6,8-9,11-12H2,1-2H3,(H,20,23)/t15-/m0/s1. The lowest BCUT2D eigenvalue weighted by Crippen LogP contribution is -2.54. The quantitative estimate of drug-likeness (QED) is 0.908. The van der Waals surface area contributed by atoms with Crippen LogP contribution in [0.4, 0.5) is 0 Å². The summed E-state index contributed by atoms with van der Waals surface area (Å²) in [6.45, 7) is 7.80. The zero-order valence-electron chi connectivity index (χ0n) is 14.7. The molecule has 6 heteroatoms. The molecule has 2 aliphatic heterocycles. The van der Waals surface area contributed by atoms with E-state index in [4.69, 9.17) is 4.74 Å². The van der Waals surface area contributed by atoms with E-state index in [9.17, 15) is 4.79 Å². The Morgan fingerprint density at radius 1 is 1.42 bits per heavy atom. The zero-order valence-corrected chi connectivity index (χ0v) is 14.7. The second-order valence-corrected chi connectivity index (χ2v) is 7.82. The molecule has 3 heterocycles. The van der Waals surface area contributed by atoms with E-state index in [1.54, 1.807) is 0 Å². The average molecular weight is 332 g/mol. The molecule has 1 atom stereocenters. The summed E-state index contributed by atoms with van der Waals surface area (Å²) in [5.74, 6) is 1.72. The fourth-order valence-corrected chi connectivity index (χ4v) is 3.96. The fourth-order valence-electron chi connectivity index (χ4n) is 3.96. The van der Waals surface area contributed by atoms with Crippen molar-refractivity contribution in [2.75, 3.05) is 19.6 Å². The minimum absolute atomic E-state index is 0.0342. The van der Waals surface area contributed by atoms with E-state index < -0.39 is 11.7 Å². The molecular weight excluding hydrogens is 304 g/mol. The van der Waals surface area contributed by atoms with Crippen LogP contribution in [0.15, 0.2) is 12.4 Å². The van der Waals surface area contributed by atoms with Crippen molar-refractivity contribution >= 4 is 5.91 Å². The molecule has 132 valence electrons. The number of imidazole rings is 1. The lowest BCUT2D eigenvalue weighted by molar-refractivity contribution is -0.174. The summed E-state index contributed by atoms with van der Waals surface area (Å²) in [5, 5.41) is 3.08. The minimum atomic E-state index is -0.408. The number of piperidine rings is 1. The number of rotatable bonds is 4. The van der Waals surface area contributed by atoms with Gasteiger partial charge in [0.2, 0.25) is 0 Å². The van der Waals surface area contributed by atoms with Crippen LogP contribution < -0.4 is 5.32 Å². The fraction of sp³-hybridized carbons (Fsp3) is 0.778. The van der Waals surface area contributed by atoms with E-state index in [1.165, 1.54) is 12.8 Å². The number of hydrogen-bond acceptors (Lipinski definition) is 4. The number of ether oxygens (including phenoxy) is 1. The van der Waals surface area contributed by atoms with E-state index in [0.29, 0.717) is 18.5 Å². The number of aromatic nitrogens is 2. The topological polar surface area (TPSA) is 59.4 Å². The van der Waals surface area contributed by atoms with E-state index in [1.807, 2.05) is 12.4 Å². The molecule has 1 N–H and O–H groups in total. The summed E-state index contributed by atoms with van der Waals surface area (Å²) in [6, 6.07) is 0.545. The van der Waals surface area contributed by atoms with Gasteiger partial charge in [-0.3, -0.25) is 4.79 Å². The number of nitrogens with zero attached hydrogens (tertiary/aromatic N) is 3. The summed E-state index contributed by atoms with van der Waals surface area (Å²) < 4.78 is 8.54. The highest BCUT2D eigenvalue weighted by Crippen LogP contribution is 2.40. The van der Waals surface area contributed by atoms with Crippen molar-refractivity contribution in [2.24, 2.45) is 5.92 Å². The highest BCUT2D eigenvalue weighted by atomic mass is 16.5. The maximum absolute atomic E-state index is 12.6. The summed E-state index contributed by atoms with van der Waals surface area (Å²) in [5.41, 5.74) is -0.408. The first-order valence-corrected chi connectivity index (χ1v) is 9.28. The molecule has 1 amide bonds. The number of amides is 1. The second kappa shape index (κ2) is 6.15. The van der Waals surface area contributed by atoms with Gasteiger partial charge in [-0.05, 0) is 45.4 Å². The van der Waals surface area contributed by atoms with Gasteiger partial charge >= 0.3 is 0 Å². The molecule has 1 saturated carbocycles. The molecule has 4 rings (SSSR count). The van der Waals surface area contributed by atoms with Crippen molar-refractivity contribution in [3.05, 3.63) is 18.2 Å². The number of carbonyl (C=O) groups excluding carboxylic acids is 1. The summed E-state index contributed by atoms with van der Waals surface area (Å²) in [6.07, 6.45) is 7.69. The van der Waals surface area contributed by atoms with Crippen molar-refractivity contribution in [2.45, 2.75) is 63.8 Å². The second-order valence-electron chi connectivity index (χ2n) is 7.82. The molecule has 2 fully saturated rings. The molecule has 1 spiro atoms. The van der Waals surface area contributed by atoms with Gasteiger partial charge in [-0.25, -0.2) is 4.98 Å². The summed E-state index contributed by atoms with van der Waals surface area (Å²) in [7, 11) is 0. The zero-order chi connectivity index (χ0) is 16.7. The van der Waals surface area contributed by atoms with Crippen LogP contribution in [0.5, 0.6) is 0 Å². The van der Waals surface area contributed by atoms with Crippen molar-refractivity contribution in [1.82, 2.24) is 19.8 Å². The molecule has 3 aliphatic rings. The number of likely N-dealkylation sites (tertiary alicyclic amines) is 1. The number of hydrogen-bond donors (Lipinski definition) is 1. The lowest BCUT2D eigenvalue weighted by atomic mass is 9.88. The van der Waals surface area contributed by atoms with Gasteiger partial charge in [-0.2, -0.15) is 0 Å². The summed E-state index contributed by atoms with van der Waals surface area (Å²) >= 11 is 0. The van der Waals surface area contributed by atoms with Gasteiger partial charge in [0.15, 0.2) is 6.10 Å². The first-order chi connectivity index (χ1) is 11.6. The van der Waals surface area contributed by atoms with Gasteiger partial charge < -0.3 is 19.5 Å². The molecule has 0 aromatic carbocycles. The first kappa shape index (κ1) is 16.1. The SMILES string of the molecule is CC(C)N1CCC2(CC1)O[C@H](C(=O)NCC1CC1)Cn1ccnc12. The Hall–Kier alpha value is -1.40. The lowest BCUT2D eigenvalue weighted by Gasteiger charge is -2.46. The summed E-state index contributed by atoms with van der Waals surface area (Å²) in [4.78, 5) is 19.6. The highest BCUT2D eigenvalue weighted by molar-refractivity contribution is 5.81. The molecule has 24 heavy (non-hydrogen) atoms. The first-order valence-electron chi connectivity index (χ1n) is 9.28. The Morgan fingerprint density at radius 3 is 2.83 bits per heavy atom. The van der Waals surface area contributed by atoms with Crippen molar-refractivity contribution in [3.8, 4) is 0 Å². The average Bonchev–Trinajstić information content (AvgIpc) is 3.28. The number of nitrogens with one attached hydrogen (secondary N) is 1. The van der Waals surface area contributed by atoms with E-state index in [-0.39, 0.29) is 5.91 Å². The van der Waals surface area contributed by atoms with Gasteiger partial charge in [0.25, 0.3) is 5.91 Å². The van der Waals surface area contributed by atoms with Gasteiger partial charge in [0.1, 0.15) is 11.4 Å². The van der Waals surface area contributed by atoms with E-state index in [0.717, 1.165) is 38.3 Å². The van der Waals surface area contributed by atoms with Crippen molar-refractivity contribution in [1.29, 1.82) is 0 Å². The smallest absolute Gasteiger partial charge is 0.251 e. The Bertz CT molecular complexity index is 600. The maximum atomic E-state index is 12.6. The predicted octanol–water partition coefficient (Wildman–Crippen LogP) is 1.51. The maximum Gasteiger partial charge on any atom is 0.251 e. The molecule has 1 aromatic rings. The molecule has 6 nitrogen and oxygen atoms in total. The van der Waals surface area contributed by atoms with Crippen LogP contribution in [0.25, 0.3) is 0 Å². The van der Waals surface area contributed by atoms with E-state index in [2.05, 4.69) is 33.6 Å². The van der Waals surface area contributed by atoms with Crippen LogP contribution in [0, 0.1) is 5.92 Å². The van der Waals surface area contributed by atoms with Crippen LogP contribution in [-0.2, 0) is 21.7 Å². The van der Waals surface area contributed by atoms with Crippen molar-refractivity contribution < 1.29 is 9.53 Å². The van der Waals surface area contributed by atoms with Crippen LogP contribution in [0.2, 0.25) is 0 Å². The number of fused-ring (bicyclic) bond motifs is 2. The Labute approximate surface area is 143 Å². The monoisotopic (exact) mass is 332 g/mol. The third-order valence-electron chi connectivity index (χ3n) is 5.74.